The molecular weight excluding hydrogens is 312 g/mol. The van der Waals surface area contributed by atoms with E-state index in [0.29, 0.717) is 11.6 Å². The molecule has 19 heavy (non-hydrogen) atoms. The maximum Gasteiger partial charge on any atom is 0.276 e. The number of aromatic nitrogens is 3. The topological polar surface area (TPSA) is 77.0 Å². The maximum atomic E-state index is 11.9. The maximum absolute atomic E-state index is 11.9. The van der Waals surface area contributed by atoms with Crippen LogP contribution in [0.3, 0.4) is 0 Å². The first-order valence-electron chi connectivity index (χ1n) is 5.41. The van der Waals surface area contributed by atoms with Gasteiger partial charge >= 0.3 is 0 Å². The van der Waals surface area contributed by atoms with Crippen LogP contribution < -0.4 is 10.1 Å². The van der Waals surface area contributed by atoms with E-state index in [1.165, 1.54) is 7.11 Å². The molecule has 0 aliphatic heterocycles. The van der Waals surface area contributed by atoms with Crippen LogP contribution in [0.25, 0.3) is 0 Å². The Hall–Kier alpha value is -2.02. The van der Waals surface area contributed by atoms with Crippen molar-refractivity contribution in [2.24, 2.45) is 0 Å². The summed E-state index contributed by atoms with van der Waals surface area (Å²) in [6, 6.07) is 5.01. The van der Waals surface area contributed by atoms with Crippen molar-refractivity contribution in [2.45, 2.75) is 6.92 Å². The second kappa shape index (κ2) is 5.75. The van der Waals surface area contributed by atoms with E-state index < -0.39 is 0 Å². The number of methoxy groups -OCH3 is 1. The number of hydrogen-bond donors (Lipinski definition) is 1. The molecule has 2 aromatic heterocycles. The van der Waals surface area contributed by atoms with Crippen LogP contribution >= 0.6 is 15.9 Å². The Morgan fingerprint density at radius 1 is 1.37 bits per heavy atom. The molecule has 6 nitrogen and oxygen atoms in total. The van der Waals surface area contributed by atoms with E-state index in [1.807, 2.05) is 0 Å². The number of halogens is 1. The average Bonchev–Trinajstić information content (AvgIpc) is 2.38. The quantitative estimate of drug-likeness (QED) is 0.937. The Balaban J connectivity index is 2.18. The van der Waals surface area contributed by atoms with E-state index in [4.69, 9.17) is 4.74 Å². The number of ether oxygens (including phenoxy) is 1. The van der Waals surface area contributed by atoms with Crippen molar-refractivity contribution in [3.05, 3.63) is 40.3 Å². The zero-order valence-electron chi connectivity index (χ0n) is 10.3. The lowest BCUT2D eigenvalue weighted by atomic mass is 10.3. The number of amides is 1. The first-order chi connectivity index (χ1) is 9.08. The van der Waals surface area contributed by atoms with Gasteiger partial charge < -0.3 is 4.74 Å². The van der Waals surface area contributed by atoms with Gasteiger partial charge in [-0.15, -0.1) is 0 Å². The van der Waals surface area contributed by atoms with Crippen LogP contribution in [-0.4, -0.2) is 28.0 Å². The monoisotopic (exact) mass is 322 g/mol. The number of aryl methyl sites for hydroxylation is 1. The zero-order chi connectivity index (χ0) is 13.8. The minimum atomic E-state index is -0.375. The van der Waals surface area contributed by atoms with Gasteiger partial charge in [-0.2, -0.15) is 4.98 Å². The van der Waals surface area contributed by atoms with Crippen LogP contribution in [0, 0.1) is 6.92 Å². The second-order valence-corrected chi connectivity index (χ2v) is 4.61. The van der Waals surface area contributed by atoms with Gasteiger partial charge in [0.05, 0.1) is 7.11 Å². The summed E-state index contributed by atoms with van der Waals surface area (Å²) < 4.78 is 5.82. The van der Waals surface area contributed by atoms with Gasteiger partial charge in [-0.3, -0.25) is 10.1 Å². The Morgan fingerprint density at radius 3 is 2.79 bits per heavy atom. The molecule has 2 aromatic rings. The fraction of sp³-hybridized carbons (Fsp3) is 0.167. The van der Waals surface area contributed by atoms with Crippen LogP contribution in [0.5, 0.6) is 5.88 Å². The Kier molecular flexibility index (Phi) is 4.06. The molecule has 0 spiro atoms. The second-order valence-electron chi connectivity index (χ2n) is 3.69. The molecule has 0 aliphatic carbocycles. The third kappa shape index (κ3) is 3.47. The van der Waals surface area contributed by atoms with Gasteiger partial charge in [0.1, 0.15) is 5.69 Å². The van der Waals surface area contributed by atoms with Crippen molar-refractivity contribution < 1.29 is 9.53 Å². The van der Waals surface area contributed by atoms with Gasteiger partial charge in [0, 0.05) is 22.4 Å². The molecule has 0 bridgehead atoms. The van der Waals surface area contributed by atoms with Crippen LogP contribution in [0.4, 0.5) is 5.95 Å². The SMILES string of the molecule is COc1cc(C)nc(NC(=O)c2ccc(Br)cn2)n1. The molecule has 0 aliphatic rings. The van der Waals surface area contributed by atoms with E-state index in [0.717, 1.165) is 4.47 Å². The van der Waals surface area contributed by atoms with Crippen LogP contribution in [0.1, 0.15) is 16.2 Å². The predicted octanol–water partition coefficient (Wildman–Crippen LogP) is 2.20. The lowest BCUT2D eigenvalue weighted by Crippen LogP contribution is -2.16. The highest BCUT2D eigenvalue weighted by Crippen LogP contribution is 2.12. The summed E-state index contributed by atoms with van der Waals surface area (Å²) in [4.78, 5) is 24.1. The fourth-order valence-electron chi connectivity index (χ4n) is 1.38. The van der Waals surface area contributed by atoms with Crippen molar-refractivity contribution in [1.29, 1.82) is 0 Å². The first kappa shape index (κ1) is 13.4. The van der Waals surface area contributed by atoms with Gasteiger partial charge in [0.15, 0.2) is 0 Å². The summed E-state index contributed by atoms with van der Waals surface area (Å²) >= 11 is 3.25. The molecule has 0 saturated heterocycles. The Bertz CT molecular complexity index is 601. The van der Waals surface area contributed by atoms with Crippen molar-refractivity contribution >= 4 is 27.8 Å². The van der Waals surface area contributed by atoms with Gasteiger partial charge in [0.25, 0.3) is 5.91 Å². The highest BCUT2D eigenvalue weighted by molar-refractivity contribution is 9.10. The van der Waals surface area contributed by atoms with Crippen LogP contribution in [-0.2, 0) is 0 Å². The number of anilines is 1. The lowest BCUT2D eigenvalue weighted by Gasteiger charge is -2.06. The lowest BCUT2D eigenvalue weighted by molar-refractivity contribution is 0.102. The molecule has 2 rings (SSSR count). The predicted molar refractivity (Wildman–Crippen MR) is 73.2 cm³/mol. The van der Waals surface area contributed by atoms with E-state index >= 15 is 0 Å². The molecule has 0 aromatic carbocycles. The molecule has 7 heteroatoms. The van der Waals surface area contributed by atoms with Gasteiger partial charge in [-0.1, -0.05) is 0 Å². The number of hydrogen-bond acceptors (Lipinski definition) is 5. The molecule has 1 N–H and O–H groups in total. The average molecular weight is 323 g/mol. The van der Waals surface area contributed by atoms with Crippen LogP contribution in [0.15, 0.2) is 28.9 Å². The highest BCUT2D eigenvalue weighted by atomic mass is 79.9. The number of carbonyl (C=O) groups is 1. The Labute approximate surface area is 118 Å². The van der Waals surface area contributed by atoms with Crippen molar-refractivity contribution in [1.82, 2.24) is 15.0 Å². The summed E-state index contributed by atoms with van der Waals surface area (Å²) in [5.41, 5.74) is 0.984. The summed E-state index contributed by atoms with van der Waals surface area (Å²) in [6.07, 6.45) is 1.55. The standard InChI is InChI=1S/C12H11BrN4O2/c1-7-5-10(19-2)16-12(15-7)17-11(18)9-4-3-8(13)6-14-9/h3-6H,1-2H3,(H,15,16,17,18). The molecular formula is C12H11BrN4O2. The third-order valence-corrected chi connectivity index (χ3v) is 2.69. The molecule has 0 saturated carbocycles. The van der Waals surface area contributed by atoms with E-state index in [1.54, 1.807) is 31.3 Å². The largest absolute Gasteiger partial charge is 0.481 e. The van der Waals surface area contributed by atoms with Gasteiger partial charge in [0.2, 0.25) is 11.8 Å². The first-order valence-corrected chi connectivity index (χ1v) is 6.20. The van der Waals surface area contributed by atoms with E-state index in [2.05, 4.69) is 36.2 Å². The van der Waals surface area contributed by atoms with Gasteiger partial charge in [-0.25, -0.2) is 9.97 Å². The molecule has 0 atom stereocenters. The minimum Gasteiger partial charge on any atom is -0.481 e. The Morgan fingerprint density at radius 2 is 2.16 bits per heavy atom. The molecule has 98 valence electrons. The zero-order valence-corrected chi connectivity index (χ0v) is 11.9. The number of pyridine rings is 1. The third-order valence-electron chi connectivity index (χ3n) is 2.23. The van der Waals surface area contributed by atoms with E-state index in [9.17, 15) is 4.79 Å². The van der Waals surface area contributed by atoms with Crippen LogP contribution in [0.2, 0.25) is 0 Å². The minimum absolute atomic E-state index is 0.187. The number of carbonyl (C=O) groups excluding carboxylic acids is 1. The molecule has 0 radical (unpaired) electrons. The van der Waals surface area contributed by atoms with E-state index in [-0.39, 0.29) is 17.5 Å². The fourth-order valence-corrected chi connectivity index (χ4v) is 1.61. The van der Waals surface area contributed by atoms with Crippen molar-refractivity contribution in [3.8, 4) is 5.88 Å². The van der Waals surface area contributed by atoms with Crippen molar-refractivity contribution in [2.75, 3.05) is 12.4 Å². The number of nitrogens with zero attached hydrogens (tertiary/aromatic N) is 3. The number of nitrogens with one attached hydrogen (secondary N) is 1. The summed E-state index contributed by atoms with van der Waals surface area (Å²) in [6.45, 7) is 1.79. The molecule has 0 unspecified atom stereocenters. The van der Waals surface area contributed by atoms with Gasteiger partial charge in [-0.05, 0) is 35.0 Å². The molecule has 0 fully saturated rings. The molecule has 1 amide bonds. The number of rotatable bonds is 3. The highest BCUT2D eigenvalue weighted by Gasteiger charge is 2.10. The normalized spacial score (nSPS) is 10.1. The smallest absolute Gasteiger partial charge is 0.276 e. The summed E-state index contributed by atoms with van der Waals surface area (Å²) in [5, 5.41) is 2.57. The summed E-state index contributed by atoms with van der Waals surface area (Å²) in [7, 11) is 1.50. The summed E-state index contributed by atoms with van der Waals surface area (Å²) in [5.74, 6) is 0.207. The van der Waals surface area contributed by atoms with Crippen molar-refractivity contribution in [3.63, 3.8) is 0 Å². The molecule has 2 heterocycles.